The number of carbonyl (C=O) groups is 1. The summed E-state index contributed by atoms with van der Waals surface area (Å²) < 4.78 is 9.72. The van der Waals surface area contributed by atoms with Gasteiger partial charge in [0.15, 0.2) is 0 Å². The number of pyridine rings is 1. The topological polar surface area (TPSA) is 60.5 Å². The molecule has 0 aliphatic carbocycles. The fourth-order valence-electron chi connectivity index (χ4n) is 1.03. The highest BCUT2D eigenvalue weighted by atomic mass is 35.5. The first-order valence-electron chi connectivity index (χ1n) is 4.65. The Kier molecular flexibility index (Phi) is 5.01. The highest BCUT2D eigenvalue weighted by molar-refractivity contribution is 6.33. The number of nitrogens with zero attached hydrogens (tertiary/aromatic N) is 1. The van der Waals surface area contributed by atoms with Crippen LogP contribution in [-0.2, 0) is 9.53 Å². The molecular formula is C10H13ClN2O3. The van der Waals surface area contributed by atoms with Gasteiger partial charge in [-0.3, -0.25) is 4.79 Å². The maximum absolute atomic E-state index is 11.4. The Labute approximate surface area is 98.7 Å². The lowest BCUT2D eigenvalue weighted by atomic mass is 10.3. The second-order valence-corrected chi connectivity index (χ2v) is 3.40. The molecular weight excluding hydrogens is 232 g/mol. The van der Waals surface area contributed by atoms with Crippen LogP contribution >= 0.6 is 11.6 Å². The minimum Gasteiger partial charge on any atom is -0.481 e. The van der Waals surface area contributed by atoms with Crippen LogP contribution in [0.25, 0.3) is 0 Å². The summed E-state index contributed by atoms with van der Waals surface area (Å²) in [4.78, 5) is 15.3. The van der Waals surface area contributed by atoms with Crippen LogP contribution in [0.15, 0.2) is 12.3 Å². The largest absolute Gasteiger partial charge is 0.481 e. The molecule has 0 spiro atoms. The molecule has 5 nitrogen and oxygen atoms in total. The van der Waals surface area contributed by atoms with Crippen LogP contribution in [0.1, 0.15) is 6.42 Å². The monoisotopic (exact) mass is 244 g/mol. The maximum Gasteiger partial charge on any atom is 0.226 e. The number of hydrogen-bond donors (Lipinski definition) is 1. The van der Waals surface area contributed by atoms with E-state index in [9.17, 15) is 4.79 Å². The van der Waals surface area contributed by atoms with E-state index in [1.807, 2.05) is 0 Å². The Balaban J connectivity index is 2.68. The Morgan fingerprint density at radius 2 is 2.31 bits per heavy atom. The van der Waals surface area contributed by atoms with Crippen molar-refractivity contribution < 1.29 is 14.3 Å². The van der Waals surface area contributed by atoms with Crippen molar-refractivity contribution in [3.8, 4) is 5.88 Å². The minimum atomic E-state index is -0.169. The predicted molar refractivity (Wildman–Crippen MR) is 60.9 cm³/mol. The number of amides is 1. The number of hydrogen-bond acceptors (Lipinski definition) is 4. The molecule has 0 aromatic carbocycles. The van der Waals surface area contributed by atoms with Crippen molar-refractivity contribution in [3.05, 3.63) is 17.3 Å². The zero-order chi connectivity index (χ0) is 12.0. The lowest BCUT2D eigenvalue weighted by Gasteiger charge is -2.07. The molecule has 0 radical (unpaired) electrons. The van der Waals surface area contributed by atoms with E-state index >= 15 is 0 Å². The van der Waals surface area contributed by atoms with Gasteiger partial charge in [-0.15, -0.1) is 0 Å². The number of aromatic nitrogens is 1. The Bertz CT molecular complexity index is 371. The van der Waals surface area contributed by atoms with Crippen LogP contribution in [0.3, 0.4) is 0 Å². The van der Waals surface area contributed by atoms with Crippen LogP contribution in [-0.4, -0.2) is 31.7 Å². The minimum absolute atomic E-state index is 0.169. The quantitative estimate of drug-likeness (QED) is 0.857. The summed E-state index contributed by atoms with van der Waals surface area (Å²) in [5, 5.41) is 3.02. The van der Waals surface area contributed by atoms with Gasteiger partial charge in [-0.05, 0) is 0 Å². The Morgan fingerprint density at radius 3 is 2.94 bits per heavy atom. The standard InChI is InChI=1S/C10H13ClN2O3/c1-15-4-3-9(14)13-8-5-10(16-2)12-6-7(8)11/h5-6H,3-4H2,1-2H3,(H,12,13,14). The van der Waals surface area contributed by atoms with E-state index in [4.69, 9.17) is 21.1 Å². The van der Waals surface area contributed by atoms with Gasteiger partial charge < -0.3 is 14.8 Å². The molecule has 6 heteroatoms. The van der Waals surface area contributed by atoms with Crippen molar-refractivity contribution in [2.24, 2.45) is 0 Å². The van der Waals surface area contributed by atoms with Crippen molar-refractivity contribution in [2.75, 3.05) is 26.1 Å². The number of rotatable bonds is 5. The lowest BCUT2D eigenvalue weighted by Crippen LogP contribution is -2.14. The zero-order valence-electron chi connectivity index (χ0n) is 9.12. The number of nitrogens with one attached hydrogen (secondary N) is 1. The van der Waals surface area contributed by atoms with Crippen molar-refractivity contribution in [3.63, 3.8) is 0 Å². The molecule has 1 N–H and O–H groups in total. The van der Waals surface area contributed by atoms with Crippen molar-refractivity contribution in [1.82, 2.24) is 4.98 Å². The molecule has 0 bridgehead atoms. The summed E-state index contributed by atoms with van der Waals surface area (Å²) in [5.41, 5.74) is 0.481. The van der Waals surface area contributed by atoms with Crippen LogP contribution in [0.4, 0.5) is 5.69 Å². The molecule has 0 saturated carbocycles. The first-order valence-corrected chi connectivity index (χ1v) is 5.03. The second-order valence-electron chi connectivity index (χ2n) is 3.00. The molecule has 0 atom stereocenters. The number of halogens is 1. The number of ether oxygens (including phenoxy) is 2. The lowest BCUT2D eigenvalue weighted by molar-refractivity contribution is -0.117. The van der Waals surface area contributed by atoms with Crippen LogP contribution in [0.5, 0.6) is 5.88 Å². The second kappa shape index (κ2) is 6.30. The Hall–Kier alpha value is -1.33. The third kappa shape index (κ3) is 3.67. The highest BCUT2D eigenvalue weighted by Crippen LogP contribution is 2.24. The molecule has 1 rings (SSSR count). The third-order valence-corrected chi connectivity index (χ3v) is 2.15. The predicted octanol–water partition coefficient (Wildman–Crippen LogP) is 1.72. The molecule has 0 aliphatic heterocycles. The number of carbonyl (C=O) groups excluding carboxylic acids is 1. The summed E-state index contributed by atoms with van der Waals surface area (Å²) in [5.74, 6) is 0.225. The van der Waals surface area contributed by atoms with Gasteiger partial charge in [0.1, 0.15) is 0 Å². The summed E-state index contributed by atoms with van der Waals surface area (Å²) in [7, 11) is 3.03. The fourth-order valence-corrected chi connectivity index (χ4v) is 1.19. The molecule has 1 aromatic rings. The average Bonchev–Trinajstić information content (AvgIpc) is 2.29. The van der Waals surface area contributed by atoms with Gasteiger partial charge in [-0.2, -0.15) is 0 Å². The van der Waals surface area contributed by atoms with Gasteiger partial charge in [-0.25, -0.2) is 4.98 Å². The maximum atomic E-state index is 11.4. The molecule has 0 aliphatic rings. The van der Waals surface area contributed by atoms with E-state index in [0.29, 0.717) is 23.2 Å². The van der Waals surface area contributed by atoms with Crippen molar-refractivity contribution in [2.45, 2.75) is 6.42 Å². The Morgan fingerprint density at radius 1 is 1.56 bits per heavy atom. The van der Waals surface area contributed by atoms with Crippen LogP contribution in [0.2, 0.25) is 5.02 Å². The van der Waals surface area contributed by atoms with E-state index in [-0.39, 0.29) is 12.3 Å². The number of methoxy groups -OCH3 is 2. The van der Waals surface area contributed by atoms with E-state index in [0.717, 1.165) is 0 Å². The summed E-state index contributed by atoms with van der Waals surface area (Å²) in [6, 6.07) is 1.56. The van der Waals surface area contributed by atoms with E-state index < -0.39 is 0 Å². The van der Waals surface area contributed by atoms with Gasteiger partial charge in [0.2, 0.25) is 11.8 Å². The van der Waals surface area contributed by atoms with Gasteiger partial charge in [0.25, 0.3) is 0 Å². The molecule has 0 saturated heterocycles. The smallest absolute Gasteiger partial charge is 0.226 e. The normalized spacial score (nSPS) is 9.94. The van der Waals surface area contributed by atoms with Gasteiger partial charge in [0.05, 0.1) is 37.0 Å². The summed E-state index contributed by atoms with van der Waals surface area (Å²) in [6.07, 6.45) is 1.70. The SMILES string of the molecule is COCCC(=O)Nc1cc(OC)ncc1Cl. The van der Waals surface area contributed by atoms with Crippen LogP contribution < -0.4 is 10.1 Å². The van der Waals surface area contributed by atoms with Crippen LogP contribution in [0, 0.1) is 0 Å². The number of anilines is 1. The third-order valence-electron chi connectivity index (χ3n) is 1.85. The van der Waals surface area contributed by atoms with Gasteiger partial charge >= 0.3 is 0 Å². The molecule has 0 fully saturated rings. The van der Waals surface area contributed by atoms with Gasteiger partial charge in [0, 0.05) is 13.2 Å². The molecule has 88 valence electrons. The van der Waals surface area contributed by atoms with Crippen molar-refractivity contribution >= 4 is 23.2 Å². The van der Waals surface area contributed by atoms with E-state index in [2.05, 4.69) is 10.3 Å². The van der Waals surface area contributed by atoms with E-state index in [1.54, 1.807) is 6.07 Å². The summed E-state index contributed by atoms with van der Waals surface area (Å²) >= 11 is 5.87. The molecule has 1 aromatic heterocycles. The fraction of sp³-hybridized carbons (Fsp3) is 0.400. The van der Waals surface area contributed by atoms with Gasteiger partial charge in [-0.1, -0.05) is 11.6 Å². The molecule has 1 heterocycles. The summed E-state index contributed by atoms with van der Waals surface area (Å²) in [6.45, 7) is 0.367. The molecule has 0 unspecified atom stereocenters. The average molecular weight is 245 g/mol. The highest BCUT2D eigenvalue weighted by Gasteiger charge is 2.07. The zero-order valence-corrected chi connectivity index (χ0v) is 9.87. The first kappa shape index (κ1) is 12.7. The van der Waals surface area contributed by atoms with E-state index in [1.165, 1.54) is 20.4 Å². The first-order chi connectivity index (χ1) is 7.67. The molecule has 16 heavy (non-hydrogen) atoms. The van der Waals surface area contributed by atoms with Crippen molar-refractivity contribution in [1.29, 1.82) is 0 Å². The molecule has 1 amide bonds.